The largest absolute Gasteiger partial charge is 0.741 e. The number of alkyl halides is 3. The van der Waals surface area contributed by atoms with Crippen LogP contribution in [0.3, 0.4) is 0 Å². The zero-order chi connectivity index (χ0) is 31.2. The maximum Gasteiger partial charge on any atom is 0.485 e. The van der Waals surface area contributed by atoms with E-state index in [0.29, 0.717) is 0 Å². The zero-order valence-corrected chi connectivity index (χ0v) is 26.1. The molecule has 224 valence electrons. The Bertz CT molecular complexity index is 1450. The number of allylic oxidation sites excluding steroid dienone is 8. The molecular weight excluding hydrogens is 576 g/mol. The summed E-state index contributed by atoms with van der Waals surface area (Å²) in [5.74, 6) is 0. The van der Waals surface area contributed by atoms with Gasteiger partial charge in [0.1, 0.15) is 23.2 Å². The lowest BCUT2D eigenvalue weighted by molar-refractivity contribution is -0.0517. The van der Waals surface area contributed by atoms with Gasteiger partial charge in [-0.3, -0.25) is 0 Å². The van der Waals surface area contributed by atoms with Gasteiger partial charge in [0.2, 0.25) is 0 Å². The van der Waals surface area contributed by atoms with Gasteiger partial charge in [0.15, 0.2) is 10.1 Å². The quantitative estimate of drug-likeness (QED) is 0.0581. The molecule has 0 saturated carbocycles. The van der Waals surface area contributed by atoms with Crippen molar-refractivity contribution in [2.75, 3.05) is 6.16 Å². The molecule has 0 unspecified atom stereocenters. The lowest BCUT2D eigenvalue weighted by Gasteiger charge is -2.28. The van der Waals surface area contributed by atoms with Gasteiger partial charge >= 0.3 is 5.51 Å². The molecule has 3 nitrogen and oxygen atoms in total. The lowest BCUT2D eigenvalue weighted by Crippen LogP contribution is -2.34. The van der Waals surface area contributed by atoms with Crippen molar-refractivity contribution < 1.29 is 26.1 Å². The molecule has 0 aliphatic carbocycles. The Labute approximate surface area is 249 Å². The lowest BCUT2D eigenvalue weighted by atomic mass is 10.1. The number of hydrogen-bond acceptors (Lipinski definition) is 3. The standard InChI is InChI=1S/C33H38P.CHF3O3S/c1-5-6-7-8-9-10-11-12-13-20-27-34(31-21-16-14-17-22-31,32-23-18-15-19-24-32)33-26-25-28(2)29(3)30(33)4;2-1(3,4)8(5,6)7/h5-6,9-26H,7-8,27H2,1-4H3;(H,5,6,7)/q+1;/p-1. The molecule has 0 saturated heterocycles. The van der Waals surface area contributed by atoms with Gasteiger partial charge in [-0.1, -0.05) is 85.0 Å². The van der Waals surface area contributed by atoms with Crippen LogP contribution in [0, 0.1) is 20.8 Å². The number of halogens is 3. The second kappa shape index (κ2) is 16.4. The minimum atomic E-state index is -6.09. The highest BCUT2D eigenvalue weighted by Gasteiger charge is 2.45. The fourth-order valence-electron chi connectivity index (χ4n) is 4.42. The van der Waals surface area contributed by atoms with Crippen LogP contribution in [0.2, 0.25) is 0 Å². The predicted molar refractivity (Wildman–Crippen MR) is 171 cm³/mol. The van der Waals surface area contributed by atoms with E-state index in [1.54, 1.807) is 0 Å². The summed E-state index contributed by atoms with van der Waals surface area (Å²) in [6, 6.07) is 27.0. The van der Waals surface area contributed by atoms with E-state index in [9.17, 15) is 13.2 Å². The third kappa shape index (κ3) is 9.65. The Kier molecular flexibility index (Phi) is 13.6. The Hall–Kier alpha value is -3.25. The molecule has 0 heterocycles. The summed E-state index contributed by atoms with van der Waals surface area (Å²) in [6.45, 7) is 8.86. The van der Waals surface area contributed by atoms with Crippen molar-refractivity contribution in [1.29, 1.82) is 0 Å². The van der Waals surface area contributed by atoms with Crippen LogP contribution in [0.1, 0.15) is 36.5 Å². The molecule has 0 spiro atoms. The van der Waals surface area contributed by atoms with Crippen LogP contribution < -0.4 is 15.9 Å². The maximum atomic E-state index is 10.7. The van der Waals surface area contributed by atoms with Crippen LogP contribution in [0.4, 0.5) is 13.2 Å². The third-order valence-electron chi connectivity index (χ3n) is 6.84. The first kappa shape index (κ1) is 34.9. The van der Waals surface area contributed by atoms with E-state index in [4.69, 9.17) is 13.0 Å². The van der Waals surface area contributed by atoms with Crippen LogP contribution in [-0.4, -0.2) is 24.6 Å². The fourth-order valence-corrected chi connectivity index (χ4v) is 8.76. The molecule has 3 aromatic carbocycles. The molecule has 42 heavy (non-hydrogen) atoms. The molecule has 0 N–H and O–H groups in total. The van der Waals surface area contributed by atoms with Gasteiger partial charge in [0, 0.05) is 0 Å². The Morgan fingerprint density at radius 1 is 0.714 bits per heavy atom. The molecule has 0 aliphatic heterocycles. The van der Waals surface area contributed by atoms with Gasteiger partial charge in [0.05, 0.1) is 6.16 Å². The summed E-state index contributed by atoms with van der Waals surface area (Å²) in [5, 5.41) is 4.36. The number of benzene rings is 3. The van der Waals surface area contributed by atoms with Gasteiger partial charge in [-0.15, -0.1) is 0 Å². The molecule has 0 aliphatic rings. The molecule has 3 aromatic rings. The molecule has 0 atom stereocenters. The predicted octanol–water partition coefficient (Wildman–Crippen LogP) is 7.98. The van der Waals surface area contributed by atoms with Crippen molar-refractivity contribution in [3.8, 4) is 0 Å². The van der Waals surface area contributed by atoms with Crippen molar-refractivity contribution in [2.45, 2.75) is 46.0 Å². The first-order valence-electron chi connectivity index (χ1n) is 13.5. The van der Waals surface area contributed by atoms with E-state index < -0.39 is 22.9 Å². The van der Waals surface area contributed by atoms with E-state index in [1.807, 2.05) is 0 Å². The topological polar surface area (TPSA) is 57.2 Å². The molecule has 0 aromatic heterocycles. The number of hydrogen-bond donors (Lipinski definition) is 0. The molecule has 8 heteroatoms. The average Bonchev–Trinajstić information content (AvgIpc) is 2.96. The van der Waals surface area contributed by atoms with E-state index in [0.717, 1.165) is 19.0 Å². The fraction of sp³-hybridized carbons (Fsp3) is 0.235. The number of rotatable bonds is 10. The highest BCUT2D eigenvalue weighted by atomic mass is 32.2. The average molecular weight is 615 g/mol. The summed E-state index contributed by atoms with van der Waals surface area (Å²) in [5.41, 5.74) is -1.46. The van der Waals surface area contributed by atoms with E-state index >= 15 is 0 Å². The molecule has 0 fully saturated rings. The minimum absolute atomic E-state index is 1.000. The summed E-state index contributed by atoms with van der Waals surface area (Å²) in [6.07, 6.45) is 20.8. The monoisotopic (exact) mass is 614 g/mol. The van der Waals surface area contributed by atoms with Gasteiger partial charge in [0.25, 0.3) is 0 Å². The van der Waals surface area contributed by atoms with Gasteiger partial charge < -0.3 is 4.55 Å². The third-order valence-corrected chi connectivity index (χ3v) is 11.8. The smallest absolute Gasteiger partial charge is 0.485 e. The van der Waals surface area contributed by atoms with E-state index in [-0.39, 0.29) is 0 Å². The van der Waals surface area contributed by atoms with Crippen molar-refractivity contribution in [3.63, 3.8) is 0 Å². The molecule has 0 radical (unpaired) electrons. The second-order valence-electron chi connectivity index (χ2n) is 9.60. The van der Waals surface area contributed by atoms with E-state index in [2.05, 4.69) is 149 Å². The first-order chi connectivity index (χ1) is 19.9. The second-order valence-corrected chi connectivity index (χ2v) is 14.5. The molecule has 0 bridgehead atoms. The van der Waals surface area contributed by atoms with Crippen LogP contribution in [0.5, 0.6) is 0 Å². The van der Waals surface area contributed by atoms with Gasteiger partial charge in [-0.05, 0) is 93.6 Å². The summed E-state index contributed by atoms with van der Waals surface area (Å²) in [4.78, 5) is 0. The molecule has 3 rings (SSSR count). The normalized spacial score (nSPS) is 12.9. The van der Waals surface area contributed by atoms with Crippen molar-refractivity contribution >= 4 is 33.3 Å². The summed E-state index contributed by atoms with van der Waals surface area (Å²) in [7, 11) is -7.95. The maximum absolute atomic E-state index is 10.7. The number of unbranched alkanes of at least 4 members (excludes halogenated alkanes) is 1. The molecular formula is C34H38F3O3PS. The highest BCUT2D eigenvalue weighted by molar-refractivity contribution is 7.96. The summed E-state index contributed by atoms with van der Waals surface area (Å²) < 4.78 is 58.9. The SMILES string of the molecule is CC=CCCC=CC=CC=CC[P+](c1ccccc1)(c1ccccc1)c1ccc(C)c(C)c1C.O=S(=O)([O-])C(F)(F)F. The first-order valence-corrected chi connectivity index (χ1v) is 16.9. The van der Waals surface area contributed by atoms with Crippen molar-refractivity contribution in [3.05, 3.63) is 138 Å². The van der Waals surface area contributed by atoms with Crippen molar-refractivity contribution in [1.82, 2.24) is 0 Å². The van der Waals surface area contributed by atoms with Crippen LogP contribution in [0.15, 0.2) is 121 Å². The summed E-state index contributed by atoms with van der Waals surface area (Å²) >= 11 is 0. The van der Waals surface area contributed by atoms with E-state index in [1.165, 1.54) is 32.6 Å². The van der Waals surface area contributed by atoms with Crippen LogP contribution in [0.25, 0.3) is 0 Å². The highest BCUT2D eigenvalue weighted by Crippen LogP contribution is 2.56. The van der Waals surface area contributed by atoms with Crippen LogP contribution in [-0.2, 0) is 10.1 Å². The van der Waals surface area contributed by atoms with Crippen molar-refractivity contribution in [2.24, 2.45) is 0 Å². The van der Waals surface area contributed by atoms with Gasteiger partial charge in [-0.2, -0.15) is 13.2 Å². The Balaban J connectivity index is 0.000000675. The Morgan fingerprint density at radius 2 is 1.19 bits per heavy atom. The van der Waals surface area contributed by atoms with Crippen LogP contribution >= 0.6 is 7.26 Å². The van der Waals surface area contributed by atoms with Gasteiger partial charge in [-0.25, -0.2) is 8.42 Å². The zero-order valence-electron chi connectivity index (χ0n) is 24.4. The minimum Gasteiger partial charge on any atom is -0.741 e. The molecule has 0 amide bonds. The Morgan fingerprint density at radius 3 is 1.67 bits per heavy atom. The number of aryl methyl sites for hydroxylation is 1.